The molecule has 1 aliphatic rings. The van der Waals surface area contributed by atoms with Crippen LogP contribution in [0, 0.1) is 0 Å². The maximum atomic E-state index is 12.1. The molecule has 0 bridgehead atoms. The molecule has 9 nitrogen and oxygen atoms in total. The Hall–Kier alpha value is -2.50. The highest BCUT2D eigenvalue weighted by Crippen LogP contribution is 2.28. The van der Waals surface area contributed by atoms with Gasteiger partial charge in [0.25, 0.3) is 0 Å². The highest BCUT2D eigenvalue weighted by molar-refractivity contribution is 7.91. The van der Waals surface area contributed by atoms with Crippen molar-refractivity contribution in [2.24, 2.45) is 0 Å². The first kappa shape index (κ1) is 22.7. The Morgan fingerprint density at radius 2 is 1.75 bits per heavy atom. The van der Waals surface area contributed by atoms with Crippen molar-refractivity contribution >= 4 is 36.7 Å². The molecule has 3 aromatic rings. The summed E-state index contributed by atoms with van der Waals surface area (Å²) in [7, 11) is -4.90. The predicted molar refractivity (Wildman–Crippen MR) is 124 cm³/mol. The highest BCUT2D eigenvalue weighted by atomic mass is 32.2. The molecule has 1 saturated carbocycles. The minimum absolute atomic E-state index is 0.0191. The fourth-order valence-corrected chi connectivity index (χ4v) is 5.90. The third-order valence-electron chi connectivity index (χ3n) is 6.05. The van der Waals surface area contributed by atoms with Crippen LogP contribution in [0.4, 0.5) is 5.95 Å². The number of sulfonamides is 1. The lowest BCUT2D eigenvalue weighted by atomic mass is 9.91. The Morgan fingerprint density at radius 3 is 2.41 bits per heavy atom. The van der Waals surface area contributed by atoms with Gasteiger partial charge in [0, 0.05) is 43.2 Å². The molecular formula is C21H27N5O4S2. The zero-order valence-corrected chi connectivity index (χ0v) is 19.9. The van der Waals surface area contributed by atoms with E-state index in [1.807, 2.05) is 10.6 Å². The lowest BCUT2D eigenvalue weighted by molar-refractivity contribution is 0.276. The zero-order chi connectivity index (χ0) is 23.1. The van der Waals surface area contributed by atoms with Gasteiger partial charge < -0.3 is 9.88 Å². The van der Waals surface area contributed by atoms with Crippen LogP contribution in [0.3, 0.4) is 0 Å². The Morgan fingerprint density at radius 1 is 1.03 bits per heavy atom. The normalized spacial score (nSPS) is 20.0. The number of fused-ring (bicyclic) bond motifs is 1. The Balaban J connectivity index is 1.52. The first-order chi connectivity index (χ1) is 15.0. The molecule has 0 saturated heterocycles. The van der Waals surface area contributed by atoms with Gasteiger partial charge in [0.2, 0.25) is 16.0 Å². The molecule has 32 heavy (non-hydrogen) atoms. The highest BCUT2D eigenvalue weighted by Gasteiger charge is 2.28. The second-order valence-electron chi connectivity index (χ2n) is 8.31. The molecule has 11 heteroatoms. The molecule has 0 spiro atoms. The molecule has 0 atom stereocenters. The van der Waals surface area contributed by atoms with Gasteiger partial charge in [-0.2, -0.15) is 4.98 Å². The van der Waals surface area contributed by atoms with Crippen molar-refractivity contribution in [2.75, 3.05) is 24.9 Å². The number of rotatable bonds is 6. The topological polar surface area (TPSA) is 114 Å². The van der Waals surface area contributed by atoms with Gasteiger partial charge in [0.05, 0.1) is 16.7 Å². The standard InChI is InChI=1S/C21H27N5O4S2/c1-25(32(3,29)30)16-9-7-15(8-10-16)23-21-22-13-11-20(24-21)26-14-12-17-18(26)5-4-6-19(17)31(2,27)28/h4-6,11-16H,7-10H2,1-3H3,(H,22,23,24)/t15-,16-. The van der Waals surface area contributed by atoms with E-state index in [9.17, 15) is 16.8 Å². The summed E-state index contributed by atoms with van der Waals surface area (Å²) in [6.07, 6.45) is 9.10. The van der Waals surface area contributed by atoms with Crippen molar-refractivity contribution in [1.29, 1.82) is 0 Å². The quantitative estimate of drug-likeness (QED) is 0.580. The van der Waals surface area contributed by atoms with E-state index in [2.05, 4.69) is 15.3 Å². The van der Waals surface area contributed by atoms with Crippen LogP contribution in [0.2, 0.25) is 0 Å². The summed E-state index contributed by atoms with van der Waals surface area (Å²) in [5.41, 5.74) is 0.752. The van der Waals surface area contributed by atoms with Crippen molar-refractivity contribution in [2.45, 2.75) is 42.7 Å². The molecule has 4 rings (SSSR count). The minimum Gasteiger partial charge on any atom is -0.351 e. The molecule has 0 amide bonds. The Labute approximate surface area is 188 Å². The Kier molecular flexibility index (Phi) is 5.99. The summed E-state index contributed by atoms with van der Waals surface area (Å²) in [6.45, 7) is 0. The molecule has 0 radical (unpaired) electrons. The van der Waals surface area contributed by atoms with Gasteiger partial charge in [0.1, 0.15) is 5.82 Å². The summed E-state index contributed by atoms with van der Waals surface area (Å²) >= 11 is 0. The zero-order valence-electron chi connectivity index (χ0n) is 18.3. The third-order valence-corrected chi connectivity index (χ3v) is 8.55. The lowest BCUT2D eigenvalue weighted by Gasteiger charge is -2.33. The molecule has 0 unspecified atom stereocenters. The van der Waals surface area contributed by atoms with Crippen LogP contribution < -0.4 is 5.32 Å². The number of nitrogens with one attached hydrogen (secondary N) is 1. The van der Waals surface area contributed by atoms with Crippen molar-refractivity contribution < 1.29 is 16.8 Å². The van der Waals surface area contributed by atoms with Crippen molar-refractivity contribution in [3.63, 3.8) is 0 Å². The monoisotopic (exact) mass is 477 g/mol. The largest absolute Gasteiger partial charge is 0.351 e. The number of anilines is 1. The predicted octanol–water partition coefficient (Wildman–Crippen LogP) is 2.44. The first-order valence-corrected chi connectivity index (χ1v) is 14.1. The fourth-order valence-electron chi connectivity index (χ4n) is 4.25. The van der Waals surface area contributed by atoms with E-state index in [1.165, 1.54) is 16.8 Å². The van der Waals surface area contributed by atoms with Gasteiger partial charge in [-0.05, 0) is 49.9 Å². The summed E-state index contributed by atoms with van der Waals surface area (Å²) in [6, 6.07) is 8.92. The number of nitrogens with zero attached hydrogens (tertiary/aromatic N) is 4. The maximum Gasteiger partial charge on any atom is 0.224 e. The number of aromatic nitrogens is 3. The first-order valence-electron chi connectivity index (χ1n) is 10.4. The molecule has 1 fully saturated rings. The van der Waals surface area contributed by atoms with Crippen LogP contribution in [-0.2, 0) is 19.9 Å². The van der Waals surface area contributed by atoms with Crippen LogP contribution in [0.15, 0.2) is 47.6 Å². The lowest BCUT2D eigenvalue weighted by Crippen LogP contribution is -2.41. The van der Waals surface area contributed by atoms with E-state index in [0.29, 0.717) is 17.2 Å². The van der Waals surface area contributed by atoms with Crippen LogP contribution in [0.25, 0.3) is 16.7 Å². The van der Waals surface area contributed by atoms with Gasteiger partial charge in [-0.25, -0.2) is 26.1 Å². The van der Waals surface area contributed by atoms with Crippen molar-refractivity contribution in [1.82, 2.24) is 18.8 Å². The van der Waals surface area contributed by atoms with Crippen LogP contribution >= 0.6 is 0 Å². The van der Waals surface area contributed by atoms with Crippen LogP contribution in [0.1, 0.15) is 25.7 Å². The van der Waals surface area contributed by atoms with E-state index in [4.69, 9.17) is 0 Å². The fraction of sp³-hybridized carbons (Fsp3) is 0.429. The maximum absolute atomic E-state index is 12.1. The molecule has 2 heterocycles. The van der Waals surface area contributed by atoms with E-state index in [0.717, 1.165) is 31.2 Å². The number of sulfone groups is 1. The van der Waals surface area contributed by atoms with Gasteiger partial charge >= 0.3 is 0 Å². The second-order valence-corrected chi connectivity index (χ2v) is 12.3. The van der Waals surface area contributed by atoms with Crippen molar-refractivity contribution in [3.8, 4) is 5.82 Å². The van der Waals surface area contributed by atoms with Gasteiger partial charge in [-0.1, -0.05) is 6.07 Å². The second kappa shape index (κ2) is 8.45. The molecule has 0 aliphatic heterocycles. The average molecular weight is 478 g/mol. The molecular weight excluding hydrogens is 450 g/mol. The number of benzene rings is 1. The van der Waals surface area contributed by atoms with Crippen LogP contribution in [0.5, 0.6) is 0 Å². The summed E-state index contributed by atoms with van der Waals surface area (Å²) in [5, 5.41) is 4.02. The molecule has 2 aromatic heterocycles. The summed E-state index contributed by atoms with van der Waals surface area (Å²) in [4.78, 5) is 9.25. The van der Waals surface area contributed by atoms with E-state index in [-0.39, 0.29) is 17.0 Å². The van der Waals surface area contributed by atoms with Crippen molar-refractivity contribution in [3.05, 3.63) is 42.7 Å². The average Bonchev–Trinajstić information content (AvgIpc) is 3.17. The number of hydrogen-bond donors (Lipinski definition) is 1. The molecule has 1 N–H and O–H groups in total. The van der Waals surface area contributed by atoms with E-state index in [1.54, 1.807) is 43.7 Å². The SMILES string of the molecule is CN([C@H]1CC[C@H](Nc2nccc(-n3ccc4c(S(C)(=O)=O)cccc43)n2)CC1)S(C)(=O)=O. The number of hydrogen-bond acceptors (Lipinski definition) is 7. The van der Waals surface area contributed by atoms with Gasteiger partial charge in [-0.15, -0.1) is 0 Å². The van der Waals surface area contributed by atoms with Crippen LogP contribution in [-0.4, -0.2) is 67.3 Å². The smallest absolute Gasteiger partial charge is 0.224 e. The summed E-state index contributed by atoms with van der Waals surface area (Å²) < 4.78 is 51.1. The molecule has 1 aliphatic carbocycles. The minimum atomic E-state index is -3.35. The van der Waals surface area contributed by atoms with Gasteiger partial charge in [0.15, 0.2) is 9.84 Å². The summed E-state index contributed by atoms with van der Waals surface area (Å²) in [5.74, 6) is 1.12. The Bertz CT molecular complexity index is 1340. The molecule has 172 valence electrons. The van der Waals surface area contributed by atoms with E-state index < -0.39 is 19.9 Å². The third kappa shape index (κ3) is 4.64. The van der Waals surface area contributed by atoms with Gasteiger partial charge in [-0.3, -0.25) is 0 Å². The molecule has 1 aromatic carbocycles. The van der Waals surface area contributed by atoms with E-state index >= 15 is 0 Å².